The van der Waals surface area contributed by atoms with Gasteiger partial charge in [0.2, 0.25) is 5.00 Å². The summed E-state index contributed by atoms with van der Waals surface area (Å²) in [5.74, 6) is -0.821. The molecule has 0 fully saturated rings. The van der Waals surface area contributed by atoms with Crippen molar-refractivity contribution < 1.29 is 19.3 Å². The van der Waals surface area contributed by atoms with Gasteiger partial charge in [-0.3, -0.25) is 4.79 Å². The first-order valence-electron chi connectivity index (χ1n) is 7.76. The van der Waals surface area contributed by atoms with E-state index in [0.29, 0.717) is 5.13 Å². The highest BCUT2D eigenvalue weighted by atomic mass is 32.1. The van der Waals surface area contributed by atoms with E-state index in [0.717, 1.165) is 36.4 Å². The van der Waals surface area contributed by atoms with E-state index in [9.17, 15) is 14.5 Å². The van der Waals surface area contributed by atoms with E-state index in [1.165, 1.54) is 13.1 Å². The van der Waals surface area contributed by atoms with E-state index < -0.39 is 11.9 Å². The fourth-order valence-corrected chi connectivity index (χ4v) is 2.66. The normalized spacial score (nSPS) is 10.2. The maximum Gasteiger partial charge on any atom is 0.343 e. The second-order valence-electron chi connectivity index (χ2n) is 5.19. The molecule has 3 N–H and O–H groups in total. The van der Waals surface area contributed by atoms with Gasteiger partial charge in [0, 0.05) is 19.2 Å². The van der Waals surface area contributed by atoms with Crippen LogP contribution >= 0.6 is 11.3 Å². The number of carbonyl (C=O) groups excluding carboxylic acids is 2. The Balaban J connectivity index is 2.23. The number of unbranched alkanes of at least 4 members (excludes halogenated alkanes) is 1. The third-order valence-corrected chi connectivity index (χ3v) is 4.01. The van der Waals surface area contributed by atoms with E-state index in [1.54, 1.807) is 18.2 Å². The number of nitroso groups, excluding NO2 is 1. The molecule has 1 aromatic carbocycles. The molecule has 0 radical (unpaired) electrons. The van der Waals surface area contributed by atoms with Gasteiger partial charge in [0.1, 0.15) is 17.5 Å². The Kier molecular flexibility index (Phi) is 6.58. The fourth-order valence-electron chi connectivity index (χ4n) is 2.04. The lowest BCUT2D eigenvalue weighted by molar-refractivity contribution is -0.353. The summed E-state index contributed by atoms with van der Waals surface area (Å²) >= 11 is 1.01. The molecule has 1 aromatic heterocycles. The van der Waals surface area contributed by atoms with E-state index >= 15 is 0 Å². The lowest BCUT2D eigenvalue weighted by Crippen LogP contribution is -2.18. The Morgan fingerprint density at radius 2 is 2.16 bits per heavy atom. The first-order valence-corrected chi connectivity index (χ1v) is 8.57. The number of anilines is 2. The SMILES string of the molecule is CCCCNc1ccc(OC(C)=O)c(C(=O)Nc2[nH+]cc(N=O)s2)c1. The first-order chi connectivity index (χ1) is 12.0. The molecular weight excluding hydrogens is 344 g/mol. The number of esters is 1. The van der Waals surface area contributed by atoms with Gasteiger partial charge < -0.3 is 10.1 Å². The summed E-state index contributed by atoms with van der Waals surface area (Å²) in [6.45, 7) is 4.13. The van der Waals surface area contributed by atoms with Gasteiger partial charge in [-0.2, -0.15) is 5.32 Å². The van der Waals surface area contributed by atoms with E-state index in [4.69, 9.17) is 4.74 Å². The van der Waals surface area contributed by atoms with Crippen LogP contribution in [-0.2, 0) is 4.79 Å². The van der Waals surface area contributed by atoms with Crippen molar-refractivity contribution in [1.82, 2.24) is 0 Å². The first kappa shape index (κ1) is 18.5. The molecule has 1 amide bonds. The molecule has 0 unspecified atom stereocenters. The van der Waals surface area contributed by atoms with Crippen molar-refractivity contribution in [2.45, 2.75) is 26.7 Å². The predicted molar refractivity (Wildman–Crippen MR) is 95.4 cm³/mol. The molecule has 8 nitrogen and oxygen atoms in total. The van der Waals surface area contributed by atoms with Gasteiger partial charge in [-0.05, 0) is 41.1 Å². The summed E-state index contributed by atoms with van der Waals surface area (Å²) in [6, 6.07) is 4.94. The van der Waals surface area contributed by atoms with Crippen LogP contribution in [0.15, 0.2) is 29.6 Å². The van der Waals surface area contributed by atoms with Crippen molar-refractivity contribution in [2.75, 3.05) is 17.2 Å². The molecular formula is C16H19N4O4S+. The smallest absolute Gasteiger partial charge is 0.343 e. The van der Waals surface area contributed by atoms with Gasteiger partial charge in [0.05, 0.1) is 0 Å². The Hall–Kier alpha value is -2.81. The van der Waals surface area contributed by atoms with Crippen LogP contribution < -0.4 is 20.4 Å². The summed E-state index contributed by atoms with van der Waals surface area (Å²) < 4.78 is 5.11. The molecule has 0 spiro atoms. The van der Waals surface area contributed by atoms with Crippen molar-refractivity contribution in [1.29, 1.82) is 0 Å². The average molecular weight is 363 g/mol. The Labute approximate surface area is 148 Å². The zero-order chi connectivity index (χ0) is 18.2. The maximum atomic E-state index is 12.5. The summed E-state index contributed by atoms with van der Waals surface area (Å²) in [6.07, 6.45) is 3.44. The lowest BCUT2D eigenvalue weighted by atomic mass is 10.1. The molecule has 0 saturated carbocycles. The quantitative estimate of drug-likeness (QED) is 0.323. The molecule has 1 heterocycles. The van der Waals surface area contributed by atoms with Crippen molar-refractivity contribution >= 4 is 39.0 Å². The largest absolute Gasteiger partial charge is 0.426 e. The number of amides is 1. The third kappa shape index (κ3) is 5.35. The van der Waals surface area contributed by atoms with Gasteiger partial charge >= 0.3 is 17.0 Å². The molecule has 0 aliphatic rings. The van der Waals surface area contributed by atoms with Crippen molar-refractivity contribution in [3.05, 3.63) is 34.9 Å². The molecule has 0 aliphatic carbocycles. The minimum absolute atomic E-state index is 0.163. The van der Waals surface area contributed by atoms with Crippen LogP contribution in [0.25, 0.3) is 0 Å². The molecule has 0 atom stereocenters. The molecule has 0 bridgehead atoms. The average Bonchev–Trinajstić information content (AvgIpc) is 3.03. The summed E-state index contributed by atoms with van der Waals surface area (Å²) in [5, 5.41) is 9.21. The maximum absolute atomic E-state index is 12.5. The third-order valence-electron chi connectivity index (χ3n) is 3.19. The number of ether oxygens (including phenoxy) is 1. The monoisotopic (exact) mass is 363 g/mol. The fraction of sp³-hybridized carbons (Fsp3) is 0.312. The Bertz CT molecular complexity index is 775. The summed E-state index contributed by atoms with van der Waals surface area (Å²) in [5.41, 5.74) is 0.957. The molecule has 2 rings (SSSR count). The lowest BCUT2D eigenvalue weighted by Gasteiger charge is -2.10. The topological polar surface area (TPSA) is 111 Å². The number of hydrogen-bond acceptors (Lipinski definition) is 7. The van der Waals surface area contributed by atoms with Gasteiger partial charge in [0.25, 0.3) is 0 Å². The zero-order valence-corrected chi connectivity index (χ0v) is 14.7. The van der Waals surface area contributed by atoms with Crippen LogP contribution in [0, 0.1) is 4.91 Å². The number of nitrogens with zero attached hydrogens (tertiary/aromatic N) is 1. The molecule has 0 aliphatic heterocycles. The standard InChI is InChI=1S/C16H18N4O4S/c1-3-4-7-17-11-5-6-13(24-10(2)21)12(8-11)15(22)19-16-18-9-14(20-23)25-16/h5-6,8-9,17H,3-4,7H2,1-2H3,(H,18,19,22)/p+1. The zero-order valence-electron chi connectivity index (χ0n) is 13.9. The second-order valence-corrected chi connectivity index (χ2v) is 6.22. The van der Waals surface area contributed by atoms with Gasteiger partial charge in [-0.1, -0.05) is 13.3 Å². The molecule has 25 heavy (non-hydrogen) atoms. The number of aromatic amines is 1. The molecule has 132 valence electrons. The Morgan fingerprint density at radius 3 is 2.80 bits per heavy atom. The van der Waals surface area contributed by atoms with Crippen molar-refractivity contribution in [3.63, 3.8) is 0 Å². The van der Waals surface area contributed by atoms with Crippen LogP contribution in [0.3, 0.4) is 0 Å². The Morgan fingerprint density at radius 1 is 1.36 bits per heavy atom. The van der Waals surface area contributed by atoms with Crippen LogP contribution in [0.1, 0.15) is 37.0 Å². The predicted octanol–water partition coefficient (Wildman–Crippen LogP) is 3.35. The molecule has 2 aromatic rings. The number of carbonyl (C=O) groups is 2. The summed E-state index contributed by atoms with van der Waals surface area (Å²) in [4.78, 5) is 37.0. The molecule has 9 heteroatoms. The van der Waals surface area contributed by atoms with Crippen molar-refractivity contribution in [2.24, 2.45) is 5.18 Å². The number of H-pyrrole nitrogens is 1. The highest BCUT2D eigenvalue weighted by Gasteiger charge is 2.21. The minimum atomic E-state index is -0.518. The van der Waals surface area contributed by atoms with Gasteiger partial charge in [0.15, 0.2) is 0 Å². The van der Waals surface area contributed by atoms with E-state index in [1.807, 2.05) is 0 Å². The van der Waals surface area contributed by atoms with Crippen LogP contribution in [-0.4, -0.2) is 18.4 Å². The van der Waals surface area contributed by atoms with E-state index in [-0.39, 0.29) is 16.3 Å². The minimum Gasteiger partial charge on any atom is -0.426 e. The second kappa shape index (κ2) is 8.88. The highest BCUT2D eigenvalue weighted by molar-refractivity contribution is 7.18. The van der Waals surface area contributed by atoms with Crippen LogP contribution in [0.5, 0.6) is 5.75 Å². The molecule has 0 saturated heterocycles. The van der Waals surface area contributed by atoms with Crippen LogP contribution in [0.4, 0.5) is 15.8 Å². The van der Waals surface area contributed by atoms with Crippen molar-refractivity contribution in [3.8, 4) is 5.75 Å². The number of rotatable bonds is 8. The number of hydrogen-bond donors (Lipinski definition) is 2. The summed E-state index contributed by atoms with van der Waals surface area (Å²) in [7, 11) is 0. The van der Waals surface area contributed by atoms with Gasteiger partial charge in [-0.15, -0.1) is 4.91 Å². The highest BCUT2D eigenvalue weighted by Crippen LogP contribution is 2.26. The number of nitrogens with one attached hydrogen (secondary N) is 3. The number of thiazole rings is 1. The van der Waals surface area contributed by atoms with E-state index in [2.05, 4.69) is 27.7 Å². The van der Waals surface area contributed by atoms with Gasteiger partial charge in [-0.25, -0.2) is 9.78 Å². The number of aromatic nitrogens is 1. The van der Waals surface area contributed by atoms with Crippen LogP contribution in [0.2, 0.25) is 0 Å². The number of benzene rings is 1.